The first-order chi connectivity index (χ1) is 15.0. The maximum Gasteiger partial charge on any atom is 0.233 e. The third kappa shape index (κ3) is 5.67. The monoisotopic (exact) mass is 428 g/mol. The molecule has 0 spiro atoms. The first-order valence-corrected chi connectivity index (χ1v) is 10.0. The number of hydrogen-bond donors (Lipinski definition) is 1. The lowest BCUT2D eigenvalue weighted by Gasteiger charge is -2.12. The Balaban J connectivity index is 1.40. The zero-order chi connectivity index (χ0) is 21.8. The van der Waals surface area contributed by atoms with Crippen LogP contribution in [0.3, 0.4) is 0 Å². The molecule has 1 N–H and O–H groups in total. The van der Waals surface area contributed by atoms with Crippen molar-refractivity contribution in [2.45, 2.75) is 32.5 Å². The smallest absolute Gasteiger partial charge is 0.233 e. The van der Waals surface area contributed by atoms with E-state index < -0.39 is 17.7 Å². The van der Waals surface area contributed by atoms with Gasteiger partial charge >= 0.3 is 0 Å². The molecule has 1 heterocycles. The minimum atomic E-state index is -0.801. The fourth-order valence-corrected chi connectivity index (χ4v) is 2.82. The molecule has 31 heavy (non-hydrogen) atoms. The lowest BCUT2D eigenvalue weighted by atomic mass is 10.2. The van der Waals surface area contributed by atoms with Gasteiger partial charge in [0.2, 0.25) is 5.88 Å². The van der Waals surface area contributed by atoms with Crippen LogP contribution in [-0.4, -0.2) is 21.9 Å². The summed E-state index contributed by atoms with van der Waals surface area (Å²) in [6.45, 7) is 1.84. The molecule has 0 saturated heterocycles. The second-order valence-corrected chi connectivity index (χ2v) is 7.46. The molecule has 1 unspecified atom stereocenters. The van der Waals surface area contributed by atoms with E-state index >= 15 is 0 Å². The summed E-state index contributed by atoms with van der Waals surface area (Å²) in [5.41, 5.74) is 0.114. The molecule has 1 saturated carbocycles. The Morgan fingerprint density at radius 3 is 2.35 bits per heavy atom. The molecule has 0 amide bonds. The van der Waals surface area contributed by atoms with Crippen LogP contribution in [0.1, 0.15) is 37.1 Å². The van der Waals surface area contributed by atoms with Crippen LogP contribution < -0.4 is 14.2 Å². The Morgan fingerprint density at radius 2 is 1.71 bits per heavy atom. The molecule has 0 bridgehead atoms. The van der Waals surface area contributed by atoms with Crippen molar-refractivity contribution in [3.63, 3.8) is 0 Å². The van der Waals surface area contributed by atoms with Crippen molar-refractivity contribution < 1.29 is 28.1 Å². The molecular formula is C23H22F2N2O4. The summed E-state index contributed by atoms with van der Waals surface area (Å²) in [7, 11) is 0. The molecule has 2 aromatic carbocycles. The molecule has 3 aromatic rings. The number of halogens is 2. The quantitative estimate of drug-likeness (QED) is 0.519. The average molecular weight is 428 g/mol. The van der Waals surface area contributed by atoms with Gasteiger partial charge in [-0.15, -0.1) is 10.2 Å². The van der Waals surface area contributed by atoms with E-state index in [0.717, 1.165) is 12.1 Å². The summed E-state index contributed by atoms with van der Waals surface area (Å²) < 4.78 is 45.6. The highest BCUT2D eigenvalue weighted by Crippen LogP contribution is 2.31. The van der Waals surface area contributed by atoms with Crippen molar-refractivity contribution in [1.29, 1.82) is 0 Å². The predicted octanol–water partition coefficient (Wildman–Crippen LogP) is 4.97. The van der Waals surface area contributed by atoms with Crippen LogP contribution >= 0.6 is 0 Å². The van der Waals surface area contributed by atoms with Crippen molar-refractivity contribution in [2.75, 3.05) is 6.61 Å². The molecule has 0 aliphatic heterocycles. The third-order valence-electron chi connectivity index (χ3n) is 4.79. The molecule has 1 aliphatic rings. The topological polar surface area (TPSA) is 73.7 Å². The van der Waals surface area contributed by atoms with Gasteiger partial charge in [0.05, 0.1) is 24.0 Å². The van der Waals surface area contributed by atoms with Crippen molar-refractivity contribution in [2.24, 2.45) is 5.92 Å². The van der Waals surface area contributed by atoms with Gasteiger partial charge in [-0.3, -0.25) is 0 Å². The summed E-state index contributed by atoms with van der Waals surface area (Å²) in [5.74, 6) is 0.201. The van der Waals surface area contributed by atoms with Gasteiger partial charge in [0, 0.05) is 24.3 Å². The number of hydrogen-bond acceptors (Lipinski definition) is 6. The highest BCUT2D eigenvalue weighted by molar-refractivity contribution is 5.38. The van der Waals surface area contributed by atoms with Crippen LogP contribution in [0, 0.1) is 17.6 Å². The molecule has 1 aromatic heterocycles. The highest BCUT2D eigenvalue weighted by atomic mass is 19.1. The van der Waals surface area contributed by atoms with E-state index in [1.807, 2.05) is 6.07 Å². The van der Waals surface area contributed by atoms with Gasteiger partial charge in [-0.1, -0.05) is 6.07 Å². The molecule has 0 radical (unpaired) electrons. The lowest BCUT2D eigenvalue weighted by Crippen LogP contribution is -2.05. The van der Waals surface area contributed by atoms with Gasteiger partial charge in [0.15, 0.2) is 0 Å². The summed E-state index contributed by atoms with van der Waals surface area (Å²) in [4.78, 5) is 0. The molecule has 162 valence electrons. The second-order valence-electron chi connectivity index (χ2n) is 7.46. The number of nitrogens with zero attached hydrogens (tertiary/aromatic N) is 2. The van der Waals surface area contributed by atoms with Crippen molar-refractivity contribution in [3.05, 3.63) is 71.4 Å². The number of benzene rings is 2. The van der Waals surface area contributed by atoms with Gasteiger partial charge in [-0.2, -0.15) is 0 Å². The van der Waals surface area contributed by atoms with Crippen molar-refractivity contribution in [1.82, 2.24) is 10.2 Å². The van der Waals surface area contributed by atoms with Crippen molar-refractivity contribution in [3.8, 4) is 23.1 Å². The van der Waals surface area contributed by atoms with E-state index in [1.165, 1.54) is 25.0 Å². The molecule has 1 fully saturated rings. The van der Waals surface area contributed by atoms with Gasteiger partial charge in [0.25, 0.3) is 0 Å². The average Bonchev–Trinajstić information content (AvgIpc) is 3.57. The molecule has 4 rings (SSSR count). The second kappa shape index (κ2) is 9.26. The molecule has 1 atom stereocenters. The lowest BCUT2D eigenvalue weighted by molar-refractivity contribution is 0.192. The summed E-state index contributed by atoms with van der Waals surface area (Å²) in [6, 6.07) is 12.1. The Labute approximate surface area is 178 Å². The Morgan fingerprint density at radius 1 is 0.968 bits per heavy atom. The largest absolute Gasteiger partial charge is 0.493 e. The fraction of sp³-hybridized carbons (Fsp3) is 0.304. The van der Waals surface area contributed by atoms with Crippen LogP contribution in [0.4, 0.5) is 8.78 Å². The third-order valence-corrected chi connectivity index (χ3v) is 4.79. The minimum absolute atomic E-state index is 0.0270. The summed E-state index contributed by atoms with van der Waals surface area (Å²) >= 11 is 0. The number of aliphatic hydroxyl groups excluding tert-OH is 1. The molecule has 1 aliphatic carbocycles. The minimum Gasteiger partial charge on any atom is -0.493 e. The van der Waals surface area contributed by atoms with Gasteiger partial charge < -0.3 is 19.3 Å². The van der Waals surface area contributed by atoms with E-state index in [0.29, 0.717) is 29.7 Å². The van der Waals surface area contributed by atoms with E-state index in [1.54, 1.807) is 25.1 Å². The number of aromatic nitrogens is 2. The van der Waals surface area contributed by atoms with E-state index in [9.17, 15) is 13.9 Å². The van der Waals surface area contributed by atoms with Crippen LogP contribution in [0.5, 0.6) is 23.1 Å². The summed E-state index contributed by atoms with van der Waals surface area (Å²) in [6.07, 6.45) is 1.60. The Kier molecular flexibility index (Phi) is 6.27. The zero-order valence-electron chi connectivity index (χ0n) is 16.9. The zero-order valence-corrected chi connectivity index (χ0v) is 16.9. The Hall–Kier alpha value is -3.26. The summed E-state index contributed by atoms with van der Waals surface area (Å²) in [5, 5.41) is 17.0. The van der Waals surface area contributed by atoms with Gasteiger partial charge in [0.1, 0.15) is 35.5 Å². The van der Waals surface area contributed by atoms with Crippen LogP contribution in [-0.2, 0) is 6.61 Å². The number of aliphatic hydroxyl groups is 1. The number of ether oxygens (including phenoxy) is 3. The van der Waals surface area contributed by atoms with E-state index in [2.05, 4.69) is 10.2 Å². The molecule has 8 heteroatoms. The van der Waals surface area contributed by atoms with Crippen LogP contribution in [0.15, 0.2) is 48.5 Å². The fourth-order valence-electron chi connectivity index (χ4n) is 2.82. The first-order valence-electron chi connectivity index (χ1n) is 10.0. The van der Waals surface area contributed by atoms with Crippen LogP contribution in [0.2, 0.25) is 0 Å². The normalized spacial score (nSPS) is 14.2. The standard InChI is InChI=1S/C23H22F2N2O4/c1-14(28)22-7-8-23(27-26-22)30-13-19-20(24)10-18(11-21(19)25)31-17-4-2-3-16(9-17)29-12-15-5-6-15/h2-4,7-11,14-15,28H,5-6,12-13H2,1H3. The predicted molar refractivity (Wildman–Crippen MR) is 108 cm³/mol. The SMILES string of the molecule is CC(O)c1ccc(OCc2c(F)cc(Oc3cccc(OCC4CC4)c3)cc2F)nn1. The maximum atomic E-state index is 14.5. The van der Waals surface area contributed by atoms with Crippen molar-refractivity contribution >= 4 is 0 Å². The molecule has 6 nitrogen and oxygen atoms in total. The highest BCUT2D eigenvalue weighted by Gasteiger charge is 2.22. The van der Waals surface area contributed by atoms with E-state index in [-0.39, 0.29) is 23.8 Å². The first kappa shape index (κ1) is 21.0. The van der Waals surface area contributed by atoms with Gasteiger partial charge in [-0.05, 0) is 43.9 Å². The molecular weight excluding hydrogens is 406 g/mol. The van der Waals surface area contributed by atoms with Crippen LogP contribution in [0.25, 0.3) is 0 Å². The Bertz CT molecular complexity index is 1020. The maximum absolute atomic E-state index is 14.5. The van der Waals surface area contributed by atoms with E-state index in [4.69, 9.17) is 14.2 Å². The van der Waals surface area contributed by atoms with Gasteiger partial charge in [-0.25, -0.2) is 8.78 Å². The number of rotatable bonds is 9.